The molecule has 1 unspecified atom stereocenters. The van der Waals surface area contributed by atoms with Gasteiger partial charge in [0.15, 0.2) is 0 Å². The lowest BCUT2D eigenvalue weighted by atomic mass is 10.4. The zero-order chi connectivity index (χ0) is 11.7. The summed E-state index contributed by atoms with van der Waals surface area (Å²) in [5.41, 5.74) is 5.35. The molecule has 0 aliphatic rings. The second-order valence-corrected chi connectivity index (χ2v) is 3.53. The first-order chi connectivity index (χ1) is 7.11. The molecule has 1 amide bonds. The molecule has 0 radical (unpaired) electrons. The molecule has 0 spiro atoms. The van der Waals surface area contributed by atoms with Crippen molar-refractivity contribution in [1.29, 1.82) is 0 Å². The van der Waals surface area contributed by atoms with E-state index in [0.29, 0.717) is 19.7 Å². The van der Waals surface area contributed by atoms with E-state index in [0.717, 1.165) is 6.42 Å². The van der Waals surface area contributed by atoms with E-state index in [4.69, 9.17) is 15.2 Å². The van der Waals surface area contributed by atoms with Gasteiger partial charge in [-0.25, -0.2) is 0 Å². The number of likely N-dealkylation sites (N-methyl/N-ethyl adjacent to an activating group) is 1. The summed E-state index contributed by atoms with van der Waals surface area (Å²) in [6.07, 6.45) is 0.762. The van der Waals surface area contributed by atoms with Crippen LogP contribution in [0.2, 0.25) is 0 Å². The lowest BCUT2D eigenvalue weighted by molar-refractivity contribution is -0.137. The Kier molecular flexibility index (Phi) is 8.27. The smallest absolute Gasteiger partial charge is 0.248 e. The Morgan fingerprint density at radius 3 is 2.73 bits per heavy atom. The van der Waals surface area contributed by atoms with Crippen LogP contribution in [0.15, 0.2) is 0 Å². The van der Waals surface area contributed by atoms with Crippen LogP contribution >= 0.6 is 0 Å². The van der Waals surface area contributed by atoms with Crippen molar-refractivity contribution in [3.05, 3.63) is 0 Å². The van der Waals surface area contributed by atoms with Gasteiger partial charge in [-0.3, -0.25) is 4.79 Å². The van der Waals surface area contributed by atoms with Crippen molar-refractivity contribution < 1.29 is 14.3 Å². The average Bonchev–Trinajstić information content (AvgIpc) is 2.22. The van der Waals surface area contributed by atoms with Crippen LogP contribution in [-0.2, 0) is 14.3 Å². The number of nitrogens with two attached hydrogens (primary N) is 1. The van der Waals surface area contributed by atoms with Gasteiger partial charge in [0, 0.05) is 20.7 Å². The van der Waals surface area contributed by atoms with E-state index >= 15 is 0 Å². The van der Waals surface area contributed by atoms with E-state index < -0.39 is 0 Å². The zero-order valence-corrected chi connectivity index (χ0v) is 9.86. The van der Waals surface area contributed by atoms with Crippen LogP contribution in [0.3, 0.4) is 0 Å². The summed E-state index contributed by atoms with van der Waals surface area (Å²) in [7, 11) is 3.36. The van der Waals surface area contributed by atoms with Crippen molar-refractivity contribution >= 4 is 5.91 Å². The van der Waals surface area contributed by atoms with Crippen LogP contribution in [0, 0.1) is 0 Å². The Morgan fingerprint density at radius 2 is 2.20 bits per heavy atom. The normalized spacial score (nSPS) is 12.5. The number of hydrogen-bond donors (Lipinski definition) is 1. The third-order valence-corrected chi connectivity index (χ3v) is 2.02. The van der Waals surface area contributed by atoms with Crippen LogP contribution in [0.5, 0.6) is 0 Å². The zero-order valence-electron chi connectivity index (χ0n) is 9.86. The van der Waals surface area contributed by atoms with Gasteiger partial charge in [-0.1, -0.05) is 0 Å². The number of rotatable bonds is 8. The highest BCUT2D eigenvalue weighted by Gasteiger charge is 2.10. The molecule has 2 N–H and O–H groups in total. The number of methoxy groups -OCH3 is 1. The lowest BCUT2D eigenvalue weighted by Crippen LogP contribution is -2.33. The van der Waals surface area contributed by atoms with Crippen molar-refractivity contribution in [1.82, 2.24) is 4.90 Å². The Labute approximate surface area is 91.5 Å². The molecular formula is C10H22N2O3. The molecule has 5 nitrogen and oxygen atoms in total. The molecule has 0 aromatic heterocycles. The maximum absolute atomic E-state index is 11.5. The molecule has 0 aromatic rings. The van der Waals surface area contributed by atoms with E-state index in [-0.39, 0.29) is 18.6 Å². The van der Waals surface area contributed by atoms with Gasteiger partial charge in [-0.2, -0.15) is 0 Å². The molecule has 0 fully saturated rings. The van der Waals surface area contributed by atoms with Gasteiger partial charge >= 0.3 is 0 Å². The molecule has 15 heavy (non-hydrogen) atoms. The summed E-state index contributed by atoms with van der Waals surface area (Å²) in [6, 6.07) is 0. The Morgan fingerprint density at radius 1 is 1.53 bits per heavy atom. The number of carbonyl (C=O) groups is 1. The SMILES string of the molecule is COCC(C)OCC(=O)N(C)CCCN. The molecule has 0 saturated heterocycles. The Hall–Kier alpha value is -0.650. The van der Waals surface area contributed by atoms with Gasteiger partial charge in [0.05, 0.1) is 12.7 Å². The van der Waals surface area contributed by atoms with E-state index in [1.165, 1.54) is 0 Å². The molecular weight excluding hydrogens is 196 g/mol. The fourth-order valence-corrected chi connectivity index (χ4v) is 1.06. The van der Waals surface area contributed by atoms with Gasteiger partial charge in [0.2, 0.25) is 5.91 Å². The van der Waals surface area contributed by atoms with Crippen LogP contribution in [0.1, 0.15) is 13.3 Å². The molecule has 0 saturated carbocycles. The second kappa shape index (κ2) is 8.64. The highest BCUT2D eigenvalue weighted by molar-refractivity contribution is 5.77. The number of nitrogens with zero attached hydrogens (tertiary/aromatic N) is 1. The predicted octanol–water partition coefficient (Wildman–Crippen LogP) is -0.155. The lowest BCUT2D eigenvalue weighted by Gasteiger charge is -2.18. The number of hydrogen-bond acceptors (Lipinski definition) is 4. The number of carbonyl (C=O) groups excluding carboxylic acids is 1. The largest absolute Gasteiger partial charge is 0.382 e. The minimum absolute atomic E-state index is 0.0218. The van der Waals surface area contributed by atoms with Crippen LogP contribution in [-0.4, -0.2) is 57.4 Å². The number of amides is 1. The molecule has 0 bridgehead atoms. The van der Waals surface area contributed by atoms with Crippen molar-refractivity contribution in [2.24, 2.45) is 5.73 Å². The molecule has 5 heteroatoms. The van der Waals surface area contributed by atoms with Gasteiger partial charge in [0.25, 0.3) is 0 Å². The van der Waals surface area contributed by atoms with Gasteiger partial charge in [-0.05, 0) is 19.9 Å². The highest BCUT2D eigenvalue weighted by atomic mass is 16.5. The predicted molar refractivity (Wildman–Crippen MR) is 58.6 cm³/mol. The quantitative estimate of drug-likeness (QED) is 0.615. The van der Waals surface area contributed by atoms with Gasteiger partial charge in [0.1, 0.15) is 6.61 Å². The molecule has 1 atom stereocenters. The third kappa shape index (κ3) is 7.30. The maximum Gasteiger partial charge on any atom is 0.248 e. The summed E-state index contributed by atoms with van der Waals surface area (Å²) in [4.78, 5) is 13.1. The minimum Gasteiger partial charge on any atom is -0.382 e. The topological polar surface area (TPSA) is 64.8 Å². The first kappa shape index (κ1) is 14.3. The Bertz CT molecular complexity index is 176. The number of ether oxygens (including phenoxy) is 2. The maximum atomic E-state index is 11.5. The monoisotopic (exact) mass is 218 g/mol. The molecule has 0 aliphatic carbocycles. The van der Waals surface area contributed by atoms with E-state index in [2.05, 4.69) is 0 Å². The summed E-state index contributed by atoms with van der Waals surface area (Å²) < 4.78 is 10.2. The Balaban J connectivity index is 3.63. The van der Waals surface area contributed by atoms with Crippen LogP contribution < -0.4 is 5.73 Å². The van der Waals surface area contributed by atoms with Crippen LogP contribution in [0.4, 0.5) is 0 Å². The standard InChI is InChI=1S/C10H22N2O3/c1-9(7-14-3)15-8-10(13)12(2)6-4-5-11/h9H,4-8,11H2,1-3H3. The van der Waals surface area contributed by atoms with E-state index in [9.17, 15) is 4.79 Å². The summed E-state index contributed by atoms with van der Waals surface area (Å²) >= 11 is 0. The summed E-state index contributed by atoms with van der Waals surface area (Å²) in [5.74, 6) is -0.0218. The fourth-order valence-electron chi connectivity index (χ4n) is 1.06. The van der Waals surface area contributed by atoms with E-state index in [1.807, 2.05) is 6.92 Å². The molecule has 90 valence electrons. The van der Waals surface area contributed by atoms with E-state index in [1.54, 1.807) is 19.1 Å². The van der Waals surface area contributed by atoms with Gasteiger partial charge < -0.3 is 20.1 Å². The first-order valence-electron chi connectivity index (χ1n) is 5.16. The second-order valence-electron chi connectivity index (χ2n) is 3.53. The molecule has 0 aromatic carbocycles. The molecule has 0 aliphatic heterocycles. The van der Waals surface area contributed by atoms with Gasteiger partial charge in [-0.15, -0.1) is 0 Å². The summed E-state index contributed by atoms with van der Waals surface area (Å²) in [5, 5.41) is 0. The van der Waals surface area contributed by atoms with Crippen molar-refractivity contribution in [3.63, 3.8) is 0 Å². The molecule has 0 rings (SSSR count). The van der Waals surface area contributed by atoms with Crippen molar-refractivity contribution in [3.8, 4) is 0 Å². The first-order valence-corrected chi connectivity index (χ1v) is 5.16. The fraction of sp³-hybridized carbons (Fsp3) is 0.900. The highest BCUT2D eigenvalue weighted by Crippen LogP contribution is 1.94. The van der Waals surface area contributed by atoms with Crippen LogP contribution in [0.25, 0.3) is 0 Å². The minimum atomic E-state index is -0.0538. The summed E-state index contributed by atoms with van der Waals surface area (Å²) in [6.45, 7) is 3.75. The third-order valence-electron chi connectivity index (χ3n) is 2.02. The van der Waals surface area contributed by atoms with Crippen molar-refractivity contribution in [2.75, 3.05) is 40.5 Å². The average molecular weight is 218 g/mol. The molecule has 0 heterocycles. The van der Waals surface area contributed by atoms with Crippen molar-refractivity contribution in [2.45, 2.75) is 19.4 Å².